The van der Waals surface area contributed by atoms with E-state index >= 15 is 0 Å². The van der Waals surface area contributed by atoms with Crippen LogP contribution >= 0.6 is 24.0 Å². The summed E-state index contributed by atoms with van der Waals surface area (Å²) in [7, 11) is 1.42. The zero-order valence-electron chi connectivity index (χ0n) is 8.98. The lowest BCUT2D eigenvalue weighted by atomic mass is 10.0. The van der Waals surface area contributed by atoms with E-state index in [0.717, 1.165) is 0 Å². The molecule has 16 heavy (non-hydrogen) atoms. The Labute approximate surface area is 105 Å². The van der Waals surface area contributed by atoms with Crippen molar-refractivity contribution in [1.29, 1.82) is 0 Å². The second-order valence-corrected chi connectivity index (χ2v) is 3.73. The summed E-state index contributed by atoms with van der Waals surface area (Å²) in [6.07, 6.45) is -0.699. The highest BCUT2D eigenvalue weighted by Gasteiger charge is 2.16. The lowest BCUT2D eigenvalue weighted by Crippen LogP contribution is -2.23. The van der Waals surface area contributed by atoms with Crippen LogP contribution in [0, 0.1) is 0 Å². The molecule has 0 aliphatic carbocycles. The highest BCUT2D eigenvalue weighted by atomic mass is 35.5. The first-order valence-corrected chi connectivity index (χ1v) is 4.85. The molecule has 0 fully saturated rings. The van der Waals surface area contributed by atoms with Crippen molar-refractivity contribution in [2.24, 2.45) is 5.73 Å². The normalized spacial score (nSPS) is 13.8. The summed E-state index contributed by atoms with van der Waals surface area (Å²) in [5.41, 5.74) is 6.35. The number of aliphatic hydroxyl groups excluding tert-OH is 1. The molecular formula is C10H15Cl2NO3. The topological polar surface area (TPSA) is 75.7 Å². The predicted molar refractivity (Wildman–Crippen MR) is 65.5 cm³/mol. The molecule has 0 saturated carbocycles. The monoisotopic (exact) mass is 267 g/mol. The average molecular weight is 268 g/mol. The molecule has 2 atom stereocenters. The minimum Gasteiger partial charge on any atom is -0.503 e. The quantitative estimate of drug-likeness (QED) is 0.782. The number of ether oxygens (including phenoxy) is 1. The van der Waals surface area contributed by atoms with Crippen LogP contribution in [0.15, 0.2) is 12.1 Å². The fourth-order valence-corrected chi connectivity index (χ4v) is 1.44. The maximum Gasteiger partial charge on any atom is 0.176 e. The SMILES string of the molecule is COc1cc([C@H](N)[C@@H](C)O)cc(Cl)c1O.Cl. The van der Waals surface area contributed by atoms with Crippen molar-refractivity contribution in [3.8, 4) is 11.5 Å². The molecule has 4 N–H and O–H groups in total. The fraction of sp³-hybridized carbons (Fsp3) is 0.400. The summed E-state index contributed by atoms with van der Waals surface area (Å²) in [4.78, 5) is 0. The Morgan fingerprint density at radius 2 is 2.00 bits per heavy atom. The predicted octanol–water partition coefficient (Wildman–Crippen LogP) is 1.86. The third kappa shape index (κ3) is 3.15. The van der Waals surface area contributed by atoms with Crippen LogP contribution in [0.4, 0.5) is 0 Å². The van der Waals surface area contributed by atoms with Crippen molar-refractivity contribution in [3.63, 3.8) is 0 Å². The lowest BCUT2D eigenvalue weighted by molar-refractivity contribution is 0.164. The van der Waals surface area contributed by atoms with Gasteiger partial charge in [0.1, 0.15) is 0 Å². The highest BCUT2D eigenvalue weighted by molar-refractivity contribution is 6.32. The largest absolute Gasteiger partial charge is 0.503 e. The molecule has 0 saturated heterocycles. The van der Waals surface area contributed by atoms with Crippen molar-refractivity contribution < 1.29 is 14.9 Å². The Morgan fingerprint density at radius 1 is 1.44 bits per heavy atom. The van der Waals surface area contributed by atoms with E-state index in [2.05, 4.69) is 0 Å². The third-order valence-corrected chi connectivity index (χ3v) is 2.46. The highest BCUT2D eigenvalue weighted by Crippen LogP contribution is 2.36. The van der Waals surface area contributed by atoms with Crippen LogP contribution in [0.1, 0.15) is 18.5 Å². The van der Waals surface area contributed by atoms with Crippen LogP contribution in [0.5, 0.6) is 11.5 Å². The summed E-state index contributed by atoms with van der Waals surface area (Å²) in [5.74, 6) is 0.120. The van der Waals surface area contributed by atoms with Gasteiger partial charge in [-0.25, -0.2) is 0 Å². The van der Waals surface area contributed by atoms with Gasteiger partial charge in [-0.1, -0.05) is 11.6 Å². The molecule has 0 bridgehead atoms. The summed E-state index contributed by atoms with van der Waals surface area (Å²) in [6, 6.07) is 2.51. The third-order valence-electron chi connectivity index (χ3n) is 2.18. The van der Waals surface area contributed by atoms with E-state index in [1.165, 1.54) is 13.2 Å². The first kappa shape index (κ1) is 15.3. The van der Waals surface area contributed by atoms with Gasteiger partial charge >= 0.3 is 0 Å². The van der Waals surface area contributed by atoms with Crippen LogP contribution < -0.4 is 10.5 Å². The van der Waals surface area contributed by atoms with Crippen molar-refractivity contribution in [2.45, 2.75) is 19.1 Å². The zero-order chi connectivity index (χ0) is 11.6. The Kier molecular flexibility index (Phi) is 5.89. The van der Waals surface area contributed by atoms with Gasteiger partial charge in [0.05, 0.1) is 24.3 Å². The molecule has 0 aromatic heterocycles. The second kappa shape index (κ2) is 6.15. The molecule has 0 spiro atoms. The van der Waals surface area contributed by atoms with Gasteiger partial charge in [-0.3, -0.25) is 0 Å². The van der Waals surface area contributed by atoms with E-state index in [0.29, 0.717) is 5.56 Å². The van der Waals surface area contributed by atoms with Crippen molar-refractivity contribution in [1.82, 2.24) is 0 Å². The van der Waals surface area contributed by atoms with E-state index in [1.54, 1.807) is 13.0 Å². The number of phenols is 1. The van der Waals surface area contributed by atoms with Gasteiger partial charge in [-0.15, -0.1) is 12.4 Å². The number of phenolic OH excluding ortho intramolecular Hbond substituents is 1. The Hall–Kier alpha value is -0.680. The molecule has 0 aliphatic heterocycles. The number of aromatic hydroxyl groups is 1. The molecule has 0 radical (unpaired) electrons. The van der Waals surface area contributed by atoms with Gasteiger partial charge in [0.25, 0.3) is 0 Å². The zero-order valence-corrected chi connectivity index (χ0v) is 10.5. The molecule has 0 amide bonds. The maximum absolute atomic E-state index is 9.48. The lowest BCUT2D eigenvalue weighted by Gasteiger charge is -2.17. The van der Waals surface area contributed by atoms with Crippen LogP contribution in [0.25, 0.3) is 0 Å². The van der Waals surface area contributed by atoms with Gasteiger partial charge in [-0.2, -0.15) is 0 Å². The van der Waals surface area contributed by atoms with Crippen LogP contribution in [-0.2, 0) is 0 Å². The number of benzene rings is 1. The first-order chi connectivity index (χ1) is 6.97. The van der Waals surface area contributed by atoms with Crippen molar-refractivity contribution >= 4 is 24.0 Å². The summed E-state index contributed by atoms with van der Waals surface area (Å²) in [6.45, 7) is 1.58. The molecule has 0 heterocycles. The van der Waals surface area contributed by atoms with E-state index < -0.39 is 12.1 Å². The van der Waals surface area contributed by atoms with Gasteiger partial charge < -0.3 is 20.7 Å². The number of aliphatic hydroxyl groups is 1. The van der Waals surface area contributed by atoms with Gasteiger partial charge in [-0.05, 0) is 24.6 Å². The van der Waals surface area contributed by atoms with Crippen molar-refractivity contribution in [3.05, 3.63) is 22.7 Å². The number of hydrogen-bond acceptors (Lipinski definition) is 4. The number of methoxy groups -OCH3 is 1. The van der Waals surface area contributed by atoms with E-state index in [4.69, 9.17) is 22.1 Å². The van der Waals surface area contributed by atoms with E-state index in [-0.39, 0.29) is 28.9 Å². The van der Waals surface area contributed by atoms with Crippen LogP contribution in [-0.4, -0.2) is 23.4 Å². The average Bonchev–Trinajstić information content (AvgIpc) is 2.20. The number of halogens is 2. The fourth-order valence-electron chi connectivity index (χ4n) is 1.22. The molecule has 92 valence electrons. The molecule has 1 rings (SSSR count). The van der Waals surface area contributed by atoms with E-state index in [1.807, 2.05) is 0 Å². The van der Waals surface area contributed by atoms with Gasteiger partial charge in [0, 0.05) is 0 Å². The summed E-state index contributed by atoms with van der Waals surface area (Å²) < 4.78 is 4.92. The summed E-state index contributed by atoms with van der Waals surface area (Å²) in [5, 5.41) is 19.0. The van der Waals surface area contributed by atoms with Crippen LogP contribution in [0.3, 0.4) is 0 Å². The molecule has 0 unspecified atom stereocenters. The van der Waals surface area contributed by atoms with Crippen molar-refractivity contribution in [2.75, 3.05) is 7.11 Å². The van der Waals surface area contributed by atoms with Gasteiger partial charge in [0.15, 0.2) is 11.5 Å². The molecule has 6 heteroatoms. The maximum atomic E-state index is 9.48. The molecule has 0 aliphatic rings. The van der Waals surface area contributed by atoms with Gasteiger partial charge in [0.2, 0.25) is 0 Å². The Bertz CT molecular complexity index is 358. The first-order valence-electron chi connectivity index (χ1n) is 4.47. The molecule has 4 nitrogen and oxygen atoms in total. The number of rotatable bonds is 3. The Morgan fingerprint density at radius 3 is 2.44 bits per heavy atom. The standard InChI is InChI=1S/C10H14ClNO3.ClH/c1-5(13)9(12)6-3-7(11)10(14)8(4-6)15-2;/h3-5,9,13-14H,12H2,1-2H3;1H/t5-,9-;/m1./s1. The summed E-state index contributed by atoms with van der Waals surface area (Å²) >= 11 is 5.78. The minimum absolute atomic E-state index is 0. The number of hydrogen-bond donors (Lipinski definition) is 3. The molecule has 1 aromatic rings. The molecule has 1 aromatic carbocycles. The minimum atomic E-state index is -0.699. The smallest absolute Gasteiger partial charge is 0.176 e. The number of nitrogens with two attached hydrogens (primary N) is 1. The van der Waals surface area contributed by atoms with E-state index in [9.17, 15) is 10.2 Å². The molecular weight excluding hydrogens is 253 g/mol. The Balaban J connectivity index is 0.00000225. The van der Waals surface area contributed by atoms with Crippen LogP contribution in [0.2, 0.25) is 5.02 Å². The second-order valence-electron chi connectivity index (χ2n) is 3.32.